The van der Waals surface area contributed by atoms with Crippen LogP contribution in [0, 0.1) is 29.4 Å². The van der Waals surface area contributed by atoms with Gasteiger partial charge in [0.2, 0.25) is 0 Å². The van der Waals surface area contributed by atoms with Crippen molar-refractivity contribution in [2.24, 2.45) is 11.7 Å². The lowest BCUT2D eigenvalue weighted by Gasteiger charge is -2.36. The maximum atomic E-state index is 14.0. The standard InChI is InChI=1S/C25H26F2N6O3/c1-2-4-19(34)32-12-11-15(13-32)33-22-20(24(28)29-30-25(22)35)21(31-33)14-7-9-16(10-8-14)36-23-17(26)5-3-6-18(23)27/h3,5-10,15,20-22,24,29,31H,11-13,28H2,1H3,(H,30,35)/t15-,20?,21?,22?,24?/m1/s1. The molecule has 3 fully saturated rings. The van der Waals surface area contributed by atoms with Gasteiger partial charge in [-0.15, -0.1) is 0 Å². The lowest BCUT2D eigenvalue weighted by molar-refractivity contribution is -0.132. The quantitative estimate of drug-likeness (QED) is 0.470. The molecule has 2 aromatic rings. The van der Waals surface area contributed by atoms with Crippen molar-refractivity contribution in [3.8, 4) is 23.3 Å². The predicted octanol–water partition coefficient (Wildman–Crippen LogP) is 1.15. The number of benzene rings is 2. The van der Waals surface area contributed by atoms with E-state index in [1.165, 1.54) is 6.07 Å². The number of carbonyl (C=O) groups excluding carboxylic acids is 2. The van der Waals surface area contributed by atoms with Crippen LogP contribution in [-0.4, -0.2) is 53.1 Å². The molecule has 2 amide bonds. The first-order valence-electron chi connectivity index (χ1n) is 11.7. The van der Waals surface area contributed by atoms with E-state index >= 15 is 0 Å². The van der Waals surface area contributed by atoms with Crippen LogP contribution < -0.4 is 26.7 Å². The highest BCUT2D eigenvalue weighted by Crippen LogP contribution is 2.39. The molecule has 2 aromatic carbocycles. The third-order valence-corrected chi connectivity index (χ3v) is 6.84. The first-order chi connectivity index (χ1) is 17.4. The Bertz CT molecular complexity index is 1210. The highest BCUT2D eigenvalue weighted by Gasteiger charge is 2.54. The molecule has 5 rings (SSSR count). The normalized spacial score (nSPS) is 27.7. The summed E-state index contributed by atoms with van der Waals surface area (Å²) in [5.41, 5.74) is 16.1. The number of amides is 2. The fourth-order valence-electron chi connectivity index (χ4n) is 5.13. The average molecular weight is 497 g/mol. The van der Waals surface area contributed by atoms with Gasteiger partial charge in [0.05, 0.1) is 12.2 Å². The molecule has 3 saturated heterocycles. The van der Waals surface area contributed by atoms with Crippen LogP contribution in [0.2, 0.25) is 0 Å². The van der Waals surface area contributed by atoms with E-state index in [9.17, 15) is 18.4 Å². The van der Waals surface area contributed by atoms with Gasteiger partial charge in [0.1, 0.15) is 11.8 Å². The van der Waals surface area contributed by atoms with E-state index < -0.39 is 29.6 Å². The second-order valence-electron chi connectivity index (χ2n) is 8.99. The van der Waals surface area contributed by atoms with Gasteiger partial charge in [-0.3, -0.25) is 15.0 Å². The third-order valence-electron chi connectivity index (χ3n) is 6.84. The van der Waals surface area contributed by atoms with Crippen LogP contribution in [0.5, 0.6) is 11.5 Å². The van der Waals surface area contributed by atoms with Crippen LogP contribution in [0.25, 0.3) is 0 Å². The molecule has 0 saturated carbocycles. The minimum Gasteiger partial charge on any atom is -0.451 e. The van der Waals surface area contributed by atoms with Crippen LogP contribution in [-0.2, 0) is 9.59 Å². The minimum atomic E-state index is -0.797. The summed E-state index contributed by atoms with van der Waals surface area (Å²) in [4.78, 5) is 26.8. The van der Waals surface area contributed by atoms with Crippen LogP contribution in [0.3, 0.4) is 0 Å². The molecule has 0 bridgehead atoms. The molecule has 0 radical (unpaired) electrons. The summed E-state index contributed by atoms with van der Waals surface area (Å²) < 4.78 is 33.4. The average Bonchev–Trinajstić information content (AvgIpc) is 3.51. The zero-order valence-corrected chi connectivity index (χ0v) is 19.5. The Morgan fingerprint density at radius 1 is 1.17 bits per heavy atom. The van der Waals surface area contributed by atoms with Crippen LogP contribution >= 0.6 is 0 Å². The Kier molecular flexibility index (Phi) is 6.59. The Labute approximate surface area is 206 Å². The largest absolute Gasteiger partial charge is 0.451 e. The second kappa shape index (κ2) is 9.83. The van der Waals surface area contributed by atoms with E-state index in [1.807, 2.05) is 5.01 Å². The fourth-order valence-corrected chi connectivity index (χ4v) is 5.13. The molecule has 3 heterocycles. The van der Waals surface area contributed by atoms with Gasteiger partial charge in [-0.1, -0.05) is 24.1 Å². The molecule has 0 aromatic heterocycles. The molecule has 188 valence electrons. The lowest BCUT2D eigenvalue weighted by atomic mass is 9.85. The number of halogens is 2. The number of hydrogen-bond acceptors (Lipinski definition) is 7. The van der Waals surface area contributed by atoms with Crippen LogP contribution in [0.15, 0.2) is 42.5 Å². The van der Waals surface area contributed by atoms with E-state index in [0.29, 0.717) is 19.5 Å². The summed E-state index contributed by atoms with van der Waals surface area (Å²) in [5.74, 6) is 2.61. The zero-order valence-electron chi connectivity index (χ0n) is 19.5. The Morgan fingerprint density at radius 2 is 1.89 bits per heavy atom. The molecule has 3 aliphatic heterocycles. The first-order valence-corrected chi connectivity index (χ1v) is 11.7. The highest BCUT2D eigenvalue weighted by molar-refractivity contribution is 5.93. The van der Waals surface area contributed by atoms with Gasteiger partial charge < -0.3 is 15.4 Å². The number of carbonyl (C=O) groups is 2. The van der Waals surface area contributed by atoms with Gasteiger partial charge in [-0.25, -0.2) is 24.6 Å². The number of nitrogens with two attached hydrogens (primary N) is 1. The van der Waals surface area contributed by atoms with Gasteiger partial charge in [0.15, 0.2) is 17.4 Å². The van der Waals surface area contributed by atoms with E-state index in [-0.39, 0.29) is 35.6 Å². The Morgan fingerprint density at radius 3 is 2.58 bits per heavy atom. The SMILES string of the molecule is CC#CC(=O)N1CC[C@@H](N2NC(c3ccc(Oc4c(F)cccc4F)cc3)C3C(N)NNC(=O)C32)C1. The Balaban J connectivity index is 1.38. The van der Waals surface area contributed by atoms with Gasteiger partial charge >= 0.3 is 0 Å². The summed E-state index contributed by atoms with van der Waals surface area (Å²) in [5, 5.41) is 1.90. The number of ether oxygens (including phenoxy) is 1. The zero-order chi connectivity index (χ0) is 25.4. The van der Waals surface area contributed by atoms with Crippen LogP contribution in [0.4, 0.5) is 8.78 Å². The molecular formula is C25H26F2N6O3. The van der Waals surface area contributed by atoms with E-state index in [2.05, 4.69) is 28.1 Å². The highest BCUT2D eigenvalue weighted by atomic mass is 19.1. The van der Waals surface area contributed by atoms with Crippen molar-refractivity contribution in [3.05, 3.63) is 59.7 Å². The van der Waals surface area contributed by atoms with Crippen molar-refractivity contribution in [3.63, 3.8) is 0 Å². The topological polar surface area (TPSA) is 112 Å². The summed E-state index contributed by atoms with van der Waals surface area (Å²) in [6.45, 7) is 2.60. The number of nitrogens with zero attached hydrogens (tertiary/aromatic N) is 2. The van der Waals surface area contributed by atoms with E-state index in [4.69, 9.17) is 10.5 Å². The van der Waals surface area contributed by atoms with Crippen molar-refractivity contribution < 1.29 is 23.1 Å². The number of rotatable bonds is 4. The molecule has 5 atom stereocenters. The van der Waals surface area contributed by atoms with Gasteiger partial charge in [0.25, 0.3) is 11.8 Å². The van der Waals surface area contributed by atoms with Crippen LogP contribution in [0.1, 0.15) is 24.9 Å². The van der Waals surface area contributed by atoms with Crippen molar-refractivity contribution in [1.29, 1.82) is 0 Å². The summed E-state index contributed by atoms with van der Waals surface area (Å²) in [6.07, 6.45) is 0.139. The molecule has 0 spiro atoms. The van der Waals surface area contributed by atoms with Crippen molar-refractivity contribution in [2.45, 2.75) is 37.6 Å². The molecular weight excluding hydrogens is 470 g/mol. The molecule has 0 aliphatic carbocycles. The van der Waals surface area contributed by atoms with Crippen molar-refractivity contribution >= 4 is 11.8 Å². The monoisotopic (exact) mass is 496 g/mol. The first kappa shape index (κ1) is 24.1. The summed E-state index contributed by atoms with van der Waals surface area (Å²) in [6, 6.07) is 9.28. The molecule has 3 aliphatic rings. The van der Waals surface area contributed by atoms with E-state index in [1.54, 1.807) is 36.1 Å². The molecule has 4 unspecified atom stereocenters. The van der Waals surface area contributed by atoms with Gasteiger partial charge in [-0.2, -0.15) is 0 Å². The minimum absolute atomic E-state index is 0.104. The third kappa shape index (κ3) is 4.40. The fraction of sp³-hybridized carbons (Fsp3) is 0.360. The molecule has 11 heteroatoms. The maximum Gasteiger partial charge on any atom is 0.298 e. The maximum absolute atomic E-state index is 14.0. The number of hydrogen-bond donors (Lipinski definition) is 4. The van der Waals surface area contributed by atoms with Gasteiger partial charge in [0, 0.05) is 25.0 Å². The summed E-state index contributed by atoms with van der Waals surface area (Å²) in [7, 11) is 0. The lowest BCUT2D eigenvalue weighted by Crippen LogP contribution is -2.67. The number of likely N-dealkylation sites (tertiary alicyclic amines) is 1. The molecule has 36 heavy (non-hydrogen) atoms. The second-order valence-corrected chi connectivity index (χ2v) is 8.99. The smallest absolute Gasteiger partial charge is 0.298 e. The number of para-hydroxylation sites is 1. The number of nitrogens with one attached hydrogen (secondary N) is 3. The van der Waals surface area contributed by atoms with Crippen molar-refractivity contribution in [2.75, 3.05) is 13.1 Å². The predicted molar refractivity (Wildman–Crippen MR) is 126 cm³/mol. The number of fused-ring (bicyclic) bond motifs is 1. The molecule has 5 N–H and O–H groups in total. The summed E-state index contributed by atoms with van der Waals surface area (Å²) >= 11 is 0. The molecule has 9 nitrogen and oxygen atoms in total. The van der Waals surface area contributed by atoms with Gasteiger partial charge in [-0.05, 0) is 49.1 Å². The van der Waals surface area contributed by atoms with Crippen molar-refractivity contribution in [1.82, 2.24) is 26.2 Å². The number of hydrazine groups is 2. The van der Waals surface area contributed by atoms with E-state index in [0.717, 1.165) is 17.7 Å². The Hall–Kier alpha value is -3.56.